The lowest BCUT2D eigenvalue weighted by Gasteiger charge is -2.02. The second-order valence-corrected chi connectivity index (χ2v) is 3.10. The molecule has 0 aliphatic rings. The van der Waals surface area contributed by atoms with Crippen LogP contribution in [0, 0.1) is 5.82 Å². The number of rotatable bonds is 4. The highest BCUT2D eigenvalue weighted by molar-refractivity contribution is 6.17. The lowest BCUT2D eigenvalue weighted by molar-refractivity contribution is -0.134. The number of hydrogen-bond donors (Lipinski definition) is 0. The third kappa shape index (κ3) is 3.75. The molecule has 0 aliphatic heterocycles. The Morgan fingerprint density at radius 1 is 1.50 bits per heavy atom. The molecule has 0 aliphatic carbocycles. The average Bonchev–Trinajstić information content (AvgIpc) is 2.15. The normalized spacial score (nSPS) is 9.86. The van der Waals surface area contributed by atoms with Gasteiger partial charge < -0.3 is 4.74 Å². The van der Waals surface area contributed by atoms with Crippen molar-refractivity contribution in [3.8, 4) is 5.75 Å². The Kier molecular flexibility index (Phi) is 4.40. The molecule has 0 amide bonds. The van der Waals surface area contributed by atoms with Gasteiger partial charge in [0, 0.05) is 18.4 Å². The highest BCUT2D eigenvalue weighted by Gasteiger charge is 2.04. The van der Waals surface area contributed by atoms with Crippen molar-refractivity contribution in [2.45, 2.75) is 12.8 Å². The van der Waals surface area contributed by atoms with Crippen molar-refractivity contribution in [3.05, 3.63) is 30.1 Å². The second kappa shape index (κ2) is 5.60. The van der Waals surface area contributed by atoms with Crippen LogP contribution in [0.2, 0.25) is 0 Å². The zero-order chi connectivity index (χ0) is 10.4. The Morgan fingerprint density at radius 3 is 2.93 bits per heavy atom. The number of ether oxygens (including phenoxy) is 1. The van der Waals surface area contributed by atoms with E-state index in [9.17, 15) is 9.18 Å². The minimum absolute atomic E-state index is 0.226. The van der Waals surface area contributed by atoms with E-state index < -0.39 is 11.8 Å². The molecular weight excluding hydrogens is 207 g/mol. The molecule has 1 rings (SSSR count). The smallest absolute Gasteiger partial charge is 0.311 e. The third-order valence-corrected chi connectivity index (χ3v) is 1.81. The van der Waals surface area contributed by atoms with Gasteiger partial charge >= 0.3 is 5.97 Å². The molecule has 0 spiro atoms. The van der Waals surface area contributed by atoms with Crippen LogP contribution in [0.1, 0.15) is 12.8 Å². The number of esters is 1. The van der Waals surface area contributed by atoms with Gasteiger partial charge in [-0.05, 0) is 18.6 Å². The standard InChI is InChI=1S/C10H10ClFO2/c11-6-2-5-10(13)14-9-4-1-3-8(12)7-9/h1,3-4,7H,2,5-6H2. The van der Waals surface area contributed by atoms with E-state index in [1.807, 2.05) is 0 Å². The predicted molar refractivity (Wildman–Crippen MR) is 52.0 cm³/mol. The Morgan fingerprint density at radius 2 is 2.29 bits per heavy atom. The zero-order valence-corrected chi connectivity index (χ0v) is 8.26. The van der Waals surface area contributed by atoms with E-state index in [2.05, 4.69) is 0 Å². The maximum Gasteiger partial charge on any atom is 0.311 e. The largest absolute Gasteiger partial charge is 0.426 e. The molecule has 0 atom stereocenters. The lowest BCUT2D eigenvalue weighted by Crippen LogP contribution is -2.07. The summed E-state index contributed by atoms with van der Waals surface area (Å²) in [5.74, 6) is -0.174. The highest BCUT2D eigenvalue weighted by Crippen LogP contribution is 2.12. The molecule has 76 valence electrons. The van der Waals surface area contributed by atoms with Crippen LogP contribution >= 0.6 is 11.6 Å². The van der Waals surface area contributed by atoms with Gasteiger partial charge in [-0.3, -0.25) is 4.79 Å². The molecular formula is C10H10ClFO2. The number of carbonyl (C=O) groups excluding carboxylic acids is 1. The number of halogens is 2. The van der Waals surface area contributed by atoms with Crippen LogP contribution in [0.3, 0.4) is 0 Å². The molecule has 0 radical (unpaired) electrons. The minimum Gasteiger partial charge on any atom is -0.426 e. The lowest BCUT2D eigenvalue weighted by atomic mass is 10.3. The summed E-state index contributed by atoms with van der Waals surface area (Å²) in [5, 5.41) is 0. The van der Waals surface area contributed by atoms with Crippen molar-refractivity contribution < 1.29 is 13.9 Å². The quantitative estimate of drug-likeness (QED) is 0.440. The van der Waals surface area contributed by atoms with Crippen LogP contribution in [-0.4, -0.2) is 11.8 Å². The molecule has 0 saturated heterocycles. The monoisotopic (exact) mass is 216 g/mol. The molecule has 0 heterocycles. The molecule has 0 unspecified atom stereocenters. The fourth-order valence-corrected chi connectivity index (χ4v) is 1.06. The first kappa shape index (κ1) is 11.0. The summed E-state index contributed by atoms with van der Waals surface area (Å²) in [6, 6.07) is 5.47. The Labute approximate surface area is 86.6 Å². The summed E-state index contributed by atoms with van der Waals surface area (Å²) < 4.78 is 17.5. The number of hydrogen-bond acceptors (Lipinski definition) is 2. The summed E-state index contributed by atoms with van der Waals surface area (Å²) in [7, 11) is 0. The molecule has 0 saturated carbocycles. The number of benzene rings is 1. The van der Waals surface area contributed by atoms with Crippen molar-refractivity contribution in [1.82, 2.24) is 0 Å². The highest BCUT2D eigenvalue weighted by atomic mass is 35.5. The first-order valence-corrected chi connectivity index (χ1v) is 4.78. The third-order valence-electron chi connectivity index (χ3n) is 1.54. The van der Waals surface area contributed by atoms with Crippen LogP contribution in [0.4, 0.5) is 4.39 Å². The molecule has 0 bridgehead atoms. The van der Waals surface area contributed by atoms with Crippen molar-refractivity contribution in [1.29, 1.82) is 0 Å². The summed E-state index contributed by atoms with van der Waals surface area (Å²) in [6.45, 7) is 0. The fraction of sp³-hybridized carbons (Fsp3) is 0.300. The summed E-state index contributed by atoms with van der Waals surface area (Å²) in [5.41, 5.74) is 0. The van der Waals surface area contributed by atoms with E-state index in [1.54, 1.807) is 0 Å². The van der Waals surface area contributed by atoms with Gasteiger partial charge in [0.25, 0.3) is 0 Å². The minimum atomic E-state index is -0.423. The van der Waals surface area contributed by atoms with E-state index in [1.165, 1.54) is 24.3 Å². The maximum absolute atomic E-state index is 12.7. The van der Waals surface area contributed by atoms with E-state index in [0.717, 1.165) is 0 Å². The molecule has 1 aromatic rings. The predicted octanol–water partition coefficient (Wildman–Crippen LogP) is 2.75. The van der Waals surface area contributed by atoms with Gasteiger partial charge in [0.1, 0.15) is 11.6 Å². The van der Waals surface area contributed by atoms with Crippen molar-refractivity contribution in [2.75, 3.05) is 5.88 Å². The molecule has 1 aromatic carbocycles. The molecule has 0 aromatic heterocycles. The van der Waals surface area contributed by atoms with Gasteiger partial charge in [-0.15, -0.1) is 11.6 Å². The van der Waals surface area contributed by atoms with Gasteiger partial charge in [-0.2, -0.15) is 0 Å². The van der Waals surface area contributed by atoms with Crippen LogP contribution in [0.5, 0.6) is 5.75 Å². The van der Waals surface area contributed by atoms with Crippen LogP contribution in [0.25, 0.3) is 0 Å². The first-order chi connectivity index (χ1) is 6.72. The molecule has 0 fully saturated rings. The molecule has 2 nitrogen and oxygen atoms in total. The Hall–Kier alpha value is -1.09. The van der Waals surface area contributed by atoms with E-state index in [4.69, 9.17) is 16.3 Å². The zero-order valence-electron chi connectivity index (χ0n) is 7.50. The van der Waals surface area contributed by atoms with Crippen LogP contribution < -0.4 is 4.74 Å². The average molecular weight is 217 g/mol. The fourth-order valence-electron chi connectivity index (χ4n) is 0.924. The van der Waals surface area contributed by atoms with Crippen molar-refractivity contribution in [2.24, 2.45) is 0 Å². The Bertz CT molecular complexity index is 315. The van der Waals surface area contributed by atoms with Gasteiger partial charge in [0.2, 0.25) is 0 Å². The maximum atomic E-state index is 12.7. The Balaban J connectivity index is 2.47. The second-order valence-electron chi connectivity index (χ2n) is 2.72. The van der Waals surface area contributed by atoms with Crippen LogP contribution in [-0.2, 0) is 4.79 Å². The SMILES string of the molecule is O=C(CCCCl)Oc1cccc(F)c1. The molecule has 0 N–H and O–H groups in total. The van der Waals surface area contributed by atoms with Gasteiger partial charge in [0.15, 0.2) is 0 Å². The first-order valence-electron chi connectivity index (χ1n) is 4.24. The van der Waals surface area contributed by atoms with Gasteiger partial charge in [-0.1, -0.05) is 6.07 Å². The van der Waals surface area contributed by atoms with Crippen molar-refractivity contribution >= 4 is 17.6 Å². The summed E-state index contributed by atoms with van der Waals surface area (Å²) >= 11 is 5.41. The van der Waals surface area contributed by atoms with Crippen molar-refractivity contribution in [3.63, 3.8) is 0 Å². The van der Waals surface area contributed by atoms with Gasteiger partial charge in [-0.25, -0.2) is 4.39 Å². The summed E-state index contributed by atoms with van der Waals surface area (Å²) in [6.07, 6.45) is 0.815. The number of alkyl halides is 1. The topological polar surface area (TPSA) is 26.3 Å². The van der Waals surface area contributed by atoms with E-state index >= 15 is 0 Å². The van der Waals surface area contributed by atoms with E-state index in [-0.39, 0.29) is 12.2 Å². The van der Waals surface area contributed by atoms with E-state index in [0.29, 0.717) is 12.3 Å². The summed E-state index contributed by atoms with van der Waals surface area (Å²) in [4.78, 5) is 11.1. The van der Waals surface area contributed by atoms with Crippen LogP contribution in [0.15, 0.2) is 24.3 Å². The molecule has 14 heavy (non-hydrogen) atoms. The van der Waals surface area contributed by atoms with Gasteiger partial charge in [0.05, 0.1) is 0 Å². The number of carbonyl (C=O) groups is 1. The molecule has 4 heteroatoms.